The van der Waals surface area contributed by atoms with Gasteiger partial charge in [-0.1, -0.05) is 0 Å². The minimum absolute atomic E-state index is 0.497. The maximum absolute atomic E-state index is 12.6. The van der Waals surface area contributed by atoms with Crippen LogP contribution < -0.4 is 10.0 Å². The van der Waals surface area contributed by atoms with Gasteiger partial charge in [-0.05, 0) is 81.5 Å². The van der Waals surface area contributed by atoms with Crippen LogP contribution in [0, 0.1) is 13.8 Å². The largest absolute Gasteiger partial charge is 0.386 e. The summed E-state index contributed by atoms with van der Waals surface area (Å²) < 4.78 is 15.6. The molecule has 2 fully saturated rings. The minimum Gasteiger partial charge on any atom is -0.386 e. The Morgan fingerprint density at radius 3 is 2.17 bits per heavy atom. The maximum Gasteiger partial charge on any atom is 0.331 e. The molecule has 2 amide bonds. The molecule has 156 valence electrons. The Morgan fingerprint density at radius 1 is 1.17 bits per heavy atom. The third kappa shape index (κ3) is 4.39. The van der Waals surface area contributed by atoms with Crippen LogP contribution in [-0.2, 0) is 16.6 Å². The van der Waals surface area contributed by atoms with Crippen LogP contribution in [0.2, 0.25) is 0 Å². The number of carbonyl (C=O) groups excluding carboxylic acids is 1. The summed E-state index contributed by atoms with van der Waals surface area (Å²) in [5.74, 6) is 0.995. The van der Waals surface area contributed by atoms with E-state index in [4.69, 9.17) is 4.98 Å². The second-order valence-electron chi connectivity index (χ2n) is 8.59. The van der Waals surface area contributed by atoms with Crippen LogP contribution in [0.1, 0.15) is 79.4 Å². The standard InChI is InChI=1S/C21H27N3O3S2/c1-11-17(12(2)19(14-7-8-14)22-18(11)13-5-6-13)23-20(25)24-29(27)16-9-15(10-28-16)21(3,4)26/h9-10,13-14,26H,5-8H2,1-4H3,(H2,22,23,24,25). The van der Waals surface area contributed by atoms with E-state index in [1.165, 1.54) is 11.3 Å². The molecule has 2 aliphatic rings. The Labute approximate surface area is 177 Å². The van der Waals surface area contributed by atoms with Crippen LogP contribution in [0.15, 0.2) is 15.7 Å². The van der Waals surface area contributed by atoms with E-state index >= 15 is 0 Å². The van der Waals surface area contributed by atoms with Crippen LogP contribution in [0.25, 0.3) is 0 Å². The molecule has 2 heterocycles. The lowest BCUT2D eigenvalue weighted by Crippen LogP contribution is -2.31. The number of thiophene rings is 1. The highest BCUT2D eigenvalue weighted by Crippen LogP contribution is 2.47. The maximum atomic E-state index is 12.6. The lowest BCUT2D eigenvalue weighted by Gasteiger charge is -2.18. The summed E-state index contributed by atoms with van der Waals surface area (Å²) in [6.45, 7) is 7.36. The van der Waals surface area contributed by atoms with Crippen molar-refractivity contribution in [1.29, 1.82) is 0 Å². The molecule has 0 saturated heterocycles. The lowest BCUT2D eigenvalue weighted by atomic mass is 10.0. The highest BCUT2D eigenvalue weighted by Gasteiger charge is 2.34. The molecule has 2 saturated carbocycles. The van der Waals surface area contributed by atoms with Gasteiger partial charge >= 0.3 is 6.03 Å². The number of nitrogens with zero attached hydrogens (tertiary/aromatic N) is 1. The van der Waals surface area contributed by atoms with Crippen LogP contribution in [-0.4, -0.2) is 20.3 Å². The molecule has 0 radical (unpaired) electrons. The van der Waals surface area contributed by atoms with E-state index in [0.29, 0.717) is 21.6 Å². The van der Waals surface area contributed by atoms with Gasteiger partial charge in [-0.15, -0.1) is 11.3 Å². The van der Waals surface area contributed by atoms with Crippen molar-refractivity contribution in [2.24, 2.45) is 0 Å². The molecule has 29 heavy (non-hydrogen) atoms. The Balaban J connectivity index is 1.52. The summed E-state index contributed by atoms with van der Waals surface area (Å²) in [5, 5.41) is 14.8. The summed E-state index contributed by atoms with van der Waals surface area (Å²) in [7, 11) is -1.69. The third-order valence-corrected chi connectivity index (χ3v) is 7.89. The van der Waals surface area contributed by atoms with Gasteiger partial charge < -0.3 is 10.4 Å². The number of aliphatic hydroxyl groups is 1. The monoisotopic (exact) mass is 433 g/mol. The van der Waals surface area contributed by atoms with Crippen LogP contribution in [0.5, 0.6) is 0 Å². The first-order valence-electron chi connectivity index (χ1n) is 9.97. The van der Waals surface area contributed by atoms with Crippen molar-refractivity contribution in [3.63, 3.8) is 0 Å². The molecule has 0 spiro atoms. The van der Waals surface area contributed by atoms with Crippen LogP contribution in [0.3, 0.4) is 0 Å². The van der Waals surface area contributed by atoms with Gasteiger partial charge in [0.05, 0.1) is 11.3 Å². The van der Waals surface area contributed by atoms with Gasteiger partial charge in [0.2, 0.25) is 0 Å². The molecule has 2 aromatic rings. The topological polar surface area (TPSA) is 91.3 Å². The van der Waals surface area contributed by atoms with Crippen LogP contribution >= 0.6 is 11.3 Å². The number of hydrogen-bond donors (Lipinski definition) is 3. The van der Waals surface area contributed by atoms with E-state index in [9.17, 15) is 14.1 Å². The molecule has 1 unspecified atom stereocenters. The second kappa shape index (κ2) is 7.49. The summed E-state index contributed by atoms with van der Waals surface area (Å²) >= 11 is 1.26. The van der Waals surface area contributed by atoms with Crippen molar-refractivity contribution in [2.45, 2.75) is 75.0 Å². The van der Waals surface area contributed by atoms with E-state index in [2.05, 4.69) is 10.0 Å². The molecule has 8 heteroatoms. The van der Waals surface area contributed by atoms with Crippen molar-refractivity contribution in [2.75, 3.05) is 5.32 Å². The summed E-state index contributed by atoms with van der Waals surface area (Å²) in [4.78, 5) is 17.6. The third-order valence-electron chi connectivity index (χ3n) is 5.58. The van der Waals surface area contributed by atoms with Crippen molar-refractivity contribution in [3.8, 4) is 0 Å². The van der Waals surface area contributed by atoms with Crippen molar-refractivity contribution in [3.05, 3.63) is 39.5 Å². The number of pyridine rings is 1. The number of urea groups is 1. The quantitative estimate of drug-likeness (QED) is 0.621. The van der Waals surface area contributed by atoms with E-state index in [1.807, 2.05) is 13.8 Å². The molecule has 2 aromatic heterocycles. The van der Waals surface area contributed by atoms with Gasteiger partial charge in [-0.25, -0.2) is 9.00 Å². The first-order valence-corrected chi connectivity index (χ1v) is 12.0. The zero-order valence-corrected chi connectivity index (χ0v) is 18.8. The second-order valence-corrected chi connectivity index (χ2v) is 10.9. The number of aromatic nitrogens is 1. The first-order chi connectivity index (χ1) is 13.6. The van der Waals surface area contributed by atoms with Gasteiger partial charge in [0.25, 0.3) is 0 Å². The van der Waals surface area contributed by atoms with Crippen molar-refractivity contribution < 1.29 is 14.1 Å². The van der Waals surface area contributed by atoms with Crippen molar-refractivity contribution in [1.82, 2.24) is 9.71 Å². The molecule has 2 aliphatic carbocycles. The molecular weight excluding hydrogens is 406 g/mol. The smallest absolute Gasteiger partial charge is 0.331 e. The van der Waals surface area contributed by atoms with Gasteiger partial charge in [-0.2, -0.15) is 0 Å². The molecular formula is C21H27N3O3S2. The number of hydrogen-bond acceptors (Lipinski definition) is 5. The highest BCUT2D eigenvalue weighted by atomic mass is 32.2. The molecule has 0 bridgehead atoms. The number of anilines is 1. The average molecular weight is 434 g/mol. The lowest BCUT2D eigenvalue weighted by molar-refractivity contribution is 0.0789. The number of nitrogens with one attached hydrogen (secondary N) is 2. The van der Waals surface area contributed by atoms with Crippen LogP contribution in [0.4, 0.5) is 10.5 Å². The fraction of sp³-hybridized carbons (Fsp3) is 0.524. The Bertz CT molecular complexity index is 950. The fourth-order valence-electron chi connectivity index (χ4n) is 3.54. The summed E-state index contributed by atoms with van der Waals surface area (Å²) in [5.41, 5.74) is 4.68. The van der Waals surface area contributed by atoms with Gasteiger partial charge in [0.1, 0.15) is 4.21 Å². The number of amides is 2. The summed E-state index contributed by atoms with van der Waals surface area (Å²) in [6, 6.07) is 1.17. The van der Waals surface area contributed by atoms with Gasteiger partial charge in [0, 0.05) is 23.2 Å². The van der Waals surface area contributed by atoms with E-state index in [0.717, 1.165) is 53.9 Å². The molecule has 3 N–H and O–H groups in total. The Morgan fingerprint density at radius 2 is 1.72 bits per heavy atom. The zero-order chi connectivity index (χ0) is 20.9. The predicted octanol–water partition coefficient (Wildman–Crippen LogP) is 4.59. The number of rotatable bonds is 6. The average Bonchev–Trinajstić information content (AvgIpc) is 3.57. The highest BCUT2D eigenvalue weighted by molar-refractivity contribution is 7.86. The number of carbonyl (C=O) groups is 1. The van der Waals surface area contributed by atoms with Gasteiger partial charge in [-0.3, -0.25) is 9.71 Å². The molecule has 0 aromatic carbocycles. The summed E-state index contributed by atoms with van der Waals surface area (Å²) in [6.07, 6.45) is 4.61. The van der Waals surface area contributed by atoms with E-state index in [-0.39, 0.29) is 0 Å². The fourth-order valence-corrected chi connectivity index (χ4v) is 5.51. The van der Waals surface area contributed by atoms with Crippen molar-refractivity contribution >= 4 is 34.0 Å². The van der Waals surface area contributed by atoms with E-state index < -0.39 is 22.6 Å². The Kier molecular flexibility index (Phi) is 5.29. The normalized spacial score (nSPS) is 17.8. The molecule has 1 atom stereocenters. The minimum atomic E-state index is -1.69. The first kappa shape index (κ1) is 20.5. The predicted molar refractivity (Wildman–Crippen MR) is 116 cm³/mol. The molecule has 0 aliphatic heterocycles. The van der Waals surface area contributed by atoms with E-state index in [1.54, 1.807) is 25.3 Å². The Hall–Kier alpha value is -1.77. The zero-order valence-electron chi connectivity index (χ0n) is 17.2. The molecule has 6 nitrogen and oxygen atoms in total. The SMILES string of the molecule is Cc1c(C2CC2)nc(C2CC2)c(C)c1NC(=O)NS(=O)c1cc(C(C)(C)O)cs1. The van der Waals surface area contributed by atoms with Gasteiger partial charge in [0.15, 0.2) is 11.0 Å². The molecule has 4 rings (SSSR count).